The molecule has 0 radical (unpaired) electrons. The van der Waals surface area contributed by atoms with Crippen LogP contribution in [0.15, 0.2) is 0 Å². The lowest BCUT2D eigenvalue weighted by Crippen LogP contribution is -2.58. The number of carbonyl (C=O) groups is 2. The molecule has 4 N–H and O–H groups in total. The van der Waals surface area contributed by atoms with E-state index in [9.17, 15) is 9.59 Å². The Morgan fingerprint density at radius 2 is 1.86 bits per heavy atom. The van der Waals surface area contributed by atoms with E-state index in [4.69, 9.17) is 16.2 Å². The van der Waals surface area contributed by atoms with E-state index >= 15 is 0 Å². The first-order chi connectivity index (χ1) is 6.19. The standard InChI is InChI=1S/C9H18N2O3/c1-8(2,3)14-7(13)9(10,11)5-4-6-12/h6H,4-5,10-11H2,1-3H3. The molecule has 0 aromatic rings. The molecule has 0 aliphatic carbocycles. The lowest BCUT2D eigenvalue weighted by atomic mass is 10.1. The number of esters is 1. The first kappa shape index (κ1) is 13.1. The maximum absolute atomic E-state index is 11.4. The molecule has 0 fully saturated rings. The molecule has 0 saturated heterocycles. The lowest BCUT2D eigenvalue weighted by molar-refractivity contribution is -0.161. The molecule has 0 unspecified atom stereocenters. The second-order valence-electron chi connectivity index (χ2n) is 4.25. The number of nitrogens with two attached hydrogens (primary N) is 2. The van der Waals surface area contributed by atoms with Gasteiger partial charge in [-0.15, -0.1) is 0 Å². The molecule has 0 spiro atoms. The van der Waals surface area contributed by atoms with Gasteiger partial charge < -0.3 is 21.0 Å². The number of carbonyl (C=O) groups excluding carboxylic acids is 2. The van der Waals surface area contributed by atoms with Gasteiger partial charge in [-0.25, -0.2) is 4.79 Å². The summed E-state index contributed by atoms with van der Waals surface area (Å²) in [7, 11) is 0. The number of ether oxygens (including phenoxy) is 1. The molecule has 0 saturated carbocycles. The van der Waals surface area contributed by atoms with Crippen molar-refractivity contribution in [2.75, 3.05) is 0 Å². The Hall–Kier alpha value is -0.940. The molecular formula is C9H18N2O3. The second-order valence-corrected chi connectivity index (χ2v) is 4.25. The van der Waals surface area contributed by atoms with Crippen LogP contribution in [0.5, 0.6) is 0 Å². The molecule has 0 amide bonds. The Morgan fingerprint density at radius 1 is 1.36 bits per heavy atom. The summed E-state index contributed by atoms with van der Waals surface area (Å²) in [5.41, 5.74) is 8.80. The summed E-state index contributed by atoms with van der Waals surface area (Å²) in [4.78, 5) is 21.5. The summed E-state index contributed by atoms with van der Waals surface area (Å²) >= 11 is 0. The fourth-order valence-corrected chi connectivity index (χ4v) is 0.773. The van der Waals surface area contributed by atoms with Crippen molar-refractivity contribution in [3.8, 4) is 0 Å². The molecule has 0 atom stereocenters. The van der Waals surface area contributed by atoms with Crippen molar-refractivity contribution in [2.45, 2.75) is 44.9 Å². The van der Waals surface area contributed by atoms with Crippen molar-refractivity contribution >= 4 is 12.3 Å². The van der Waals surface area contributed by atoms with Crippen LogP contribution in [0.2, 0.25) is 0 Å². The van der Waals surface area contributed by atoms with E-state index in [-0.39, 0.29) is 12.8 Å². The molecule has 5 heteroatoms. The highest BCUT2D eigenvalue weighted by atomic mass is 16.6. The Labute approximate surface area is 83.8 Å². The van der Waals surface area contributed by atoms with Crippen LogP contribution in [0.25, 0.3) is 0 Å². The zero-order chi connectivity index (χ0) is 11.4. The first-order valence-corrected chi connectivity index (χ1v) is 4.44. The van der Waals surface area contributed by atoms with Gasteiger partial charge in [-0.3, -0.25) is 0 Å². The van der Waals surface area contributed by atoms with Crippen molar-refractivity contribution < 1.29 is 14.3 Å². The highest BCUT2D eigenvalue weighted by Gasteiger charge is 2.33. The minimum Gasteiger partial charge on any atom is -0.458 e. The van der Waals surface area contributed by atoms with Gasteiger partial charge in [0.15, 0.2) is 5.66 Å². The predicted molar refractivity (Wildman–Crippen MR) is 52.2 cm³/mol. The molecular weight excluding hydrogens is 184 g/mol. The summed E-state index contributed by atoms with van der Waals surface area (Å²) in [5, 5.41) is 0. The van der Waals surface area contributed by atoms with Gasteiger partial charge in [0.1, 0.15) is 11.9 Å². The van der Waals surface area contributed by atoms with Crippen LogP contribution in [-0.4, -0.2) is 23.5 Å². The molecule has 0 aliphatic rings. The second kappa shape index (κ2) is 4.52. The van der Waals surface area contributed by atoms with E-state index in [0.29, 0.717) is 6.29 Å². The minimum atomic E-state index is -1.58. The largest absolute Gasteiger partial charge is 0.458 e. The van der Waals surface area contributed by atoms with Crippen LogP contribution >= 0.6 is 0 Å². The minimum absolute atomic E-state index is 0.0887. The summed E-state index contributed by atoms with van der Waals surface area (Å²) in [6, 6.07) is 0. The average Bonchev–Trinajstić information content (AvgIpc) is 1.97. The van der Waals surface area contributed by atoms with Crippen LogP contribution in [0.4, 0.5) is 0 Å². The summed E-state index contributed by atoms with van der Waals surface area (Å²) in [6.45, 7) is 5.17. The Balaban J connectivity index is 4.28. The molecule has 5 nitrogen and oxygen atoms in total. The van der Waals surface area contributed by atoms with Gasteiger partial charge in [0.25, 0.3) is 0 Å². The summed E-state index contributed by atoms with van der Waals surface area (Å²) < 4.78 is 4.99. The van der Waals surface area contributed by atoms with Gasteiger partial charge >= 0.3 is 5.97 Å². The number of aldehydes is 1. The zero-order valence-corrected chi connectivity index (χ0v) is 8.87. The molecule has 0 heterocycles. The smallest absolute Gasteiger partial charge is 0.341 e. The van der Waals surface area contributed by atoms with Gasteiger partial charge in [0.2, 0.25) is 0 Å². The van der Waals surface area contributed by atoms with Crippen LogP contribution in [0.1, 0.15) is 33.6 Å². The van der Waals surface area contributed by atoms with Gasteiger partial charge in [-0.1, -0.05) is 0 Å². The van der Waals surface area contributed by atoms with Crippen molar-refractivity contribution in [1.29, 1.82) is 0 Å². The van der Waals surface area contributed by atoms with Crippen molar-refractivity contribution in [2.24, 2.45) is 11.5 Å². The van der Waals surface area contributed by atoms with Gasteiger partial charge in [-0.05, 0) is 27.2 Å². The average molecular weight is 202 g/mol. The van der Waals surface area contributed by atoms with E-state index in [1.807, 2.05) is 0 Å². The molecule has 0 aliphatic heterocycles. The lowest BCUT2D eigenvalue weighted by Gasteiger charge is -2.27. The van der Waals surface area contributed by atoms with Gasteiger partial charge in [-0.2, -0.15) is 0 Å². The normalized spacial score (nSPS) is 12.4. The van der Waals surface area contributed by atoms with E-state index in [0.717, 1.165) is 0 Å². The Morgan fingerprint density at radius 3 is 2.21 bits per heavy atom. The Bertz CT molecular complexity index is 219. The maximum Gasteiger partial charge on any atom is 0.341 e. The van der Waals surface area contributed by atoms with Crippen LogP contribution in [0, 0.1) is 0 Å². The monoisotopic (exact) mass is 202 g/mol. The predicted octanol–water partition coefficient (Wildman–Crippen LogP) is -0.0791. The fraction of sp³-hybridized carbons (Fsp3) is 0.778. The third-order valence-corrected chi connectivity index (χ3v) is 1.45. The zero-order valence-electron chi connectivity index (χ0n) is 8.87. The molecule has 82 valence electrons. The molecule has 0 rings (SSSR count). The number of hydrogen-bond donors (Lipinski definition) is 2. The van der Waals surface area contributed by atoms with Gasteiger partial charge in [0.05, 0.1) is 0 Å². The molecule has 14 heavy (non-hydrogen) atoms. The van der Waals surface area contributed by atoms with E-state index in [2.05, 4.69) is 0 Å². The van der Waals surface area contributed by atoms with Gasteiger partial charge in [0, 0.05) is 6.42 Å². The topological polar surface area (TPSA) is 95.4 Å². The summed E-state index contributed by atoms with van der Waals surface area (Å²) in [6.07, 6.45) is 0.899. The van der Waals surface area contributed by atoms with Crippen molar-refractivity contribution in [3.05, 3.63) is 0 Å². The molecule has 0 aromatic carbocycles. The maximum atomic E-state index is 11.4. The quantitative estimate of drug-likeness (QED) is 0.377. The van der Waals surface area contributed by atoms with Crippen LogP contribution in [-0.2, 0) is 14.3 Å². The SMILES string of the molecule is CC(C)(C)OC(=O)C(N)(N)CCC=O. The molecule has 0 aromatic heterocycles. The molecule has 0 bridgehead atoms. The highest BCUT2D eigenvalue weighted by Crippen LogP contribution is 2.12. The van der Waals surface area contributed by atoms with Crippen LogP contribution in [0.3, 0.4) is 0 Å². The Kier molecular flexibility index (Phi) is 4.22. The third-order valence-electron chi connectivity index (χ3n) is 1.45. The first-order valence-electron chi connectivity index (χ1n) is 4.44. The van der Waals surface area contributed by atoms with E-state index < -0.39 is 17.2 Å². The number of rotatable bonds is 4. The van der Waals surface area contributed by atoms with Crippen LogP contribution < -0.4 is 11.5 Å². The summed E-state index contributed by atoms with van der Waals surface area (Å²) in [5.74, 6) is -0.688. The van der Waals surface area contributed by atoms with Crippen molar-refractivity contribution in [3.63, 3.8) is 0 Å². The third kappa shape index (κ3) is 4.94. The number of hydrogen-bond acceptors (Lipinski definition) is 5. The van der Waals surface area contributed by atoms with E-state index in [1.165, 1.54) is 0 Å². The van der Waals surface area contributed by atoms with Crippen molar-refractivity contribution in [1.82, 2.24) is 0 Å². The fourth-order valence-electron chi connectivity index (χ4n) is 0.773. The van der Waals surface area contributed by atoms with E-state index in [1.54, 1.807) is 20.8 Å². The highest BCUT2D eigenvalue weighted by molar-refractivity contribution is 5.80.